The summed E-state index contributed by atoms with van der Waals surface area (Å²) in [5.74, 6) is 1.43. The van der Waals surface area contributed by atoms with E-state index < -0.39 is 0 Å². The fraction of sp³-hybridized carbons (Fsp3) is 0.375. The molecule has 1 aromatic carbocycles. The number of fused-ring (bicyclic) bond motifs is 1. The van der Waals surface area contributed by atoms with Crippen LogP contribution in [0.5, 0.6) is 5.75 Å². The summed E-state index contributed by atoms with van der Waals surface area (Å²) in [6.07, 6.45) is 4.99. The molecule has 0 radical (unpaired) electrons. The van der Waals surface area contributed by atoms with E-state index in [0.29, 0.717) is 6.61 Å². The molecule has 2 aliphatic rings. The summed E-state index contributed by atoms with van der Waals surface area (Å²) in [7, 11) is 3.37. The predicted octanol–water partition coefficient (Wildman–Crippen LogP) is 3.92. The second-order valence-electron chi connectivity index (χ2n) is 5.81. The van der Waals surface area contributed by atoms with E-state index in [9.17, 15) is 5.21 Å². The smallest absolute Gasteiger partial charge is 0.122 e. The molecule has 1 aromatic rings. The molecule has 0 amide bonds. The third-order valence-corrected chi connectivity index (χ3v) is 4.63. The average Bonchev–Trinajstić information content (AvgIpc) is 2.81. The number of quaternary nitrogens is 1. The zero-order valence-electron chi connectivity index (χ0n) is 11.7. The van der Waals surface area contributed by atoms with E-state index >= 15 is 0 Å². The summed E-state index contributed by atoms with van der Waals surface area (Å²) >= 11 is 3.49. The maximum atomic E-state index is 12.5. The van der Waals surface area contributed by atoms with Gasteiger partial charge in [0.05, 0.1) is 20.7 Å². The van der Waals surface area contributed by atoms with Crippen LogP contribution < -0.4 is 4.74 Å². The van der Waals surface area contributed by atoms with Crippen molar-refractivity contribution in [2.75, 3.05) is 20.7 Å². The van der Waals surface area contributed by atoms with E-state index in [2.05, 4.69) is 28.1 Å². The lowest BCUT2D eigenvalue weighted by Gasteiger charge is -2.41. The molecule has 20 heavy (non-hydrogen) atoms. The summed E-state index contributed by atoms with van der Waals surface area (Å²) in [6.45, 7) is 0.660. The lowest BCUT2D eigenvalue weighted by molar-refractivity contribution is -0.804. The summed E-state index contributed by atoms with van der Waals surface area (Å²) in [4.78, 5) is 0. The highest BCUT2D eigenvalue weighted by molar-refractivity contribution is 9.11. The SMILES string of the molecule is C[N+](C)([O-])C1=CC(Br)=CCC1C1COc2ccccc21. The first-order valence-electron chi connectivity index (χ1n) is 6.81. The van der Waals surface area contributed by atoms with Gasteiger partial charge in [-0.3, -0.25) is 0 Å². The van der Waals surface area contributed by atoms with E-state index in [1.54, 1.807) is 14.1 Å². The third-order valence-electron chi connectivity index (χ3n) is 4.08. The van der Waals surface area contributed by atoms with Gasteiger partial charge in [0.2, 0.25) is 0 Å². The molecule has 0 spiro atoms. The molecular formula is C16H18BrNO2. The lowest BCUT2D eigenvalue weighted by atomic mass is 9.80. The number of nitrogens with zero attached hydrogens (tertiary/aromatic N) is 1. The lowest BCUT2D eigenvalue weighted by Crippen LogP contribution is -2.38. The van der Waals surface area contributed by atoms with Gasteiger partial charge >= 0.3 is 0 Å². The highest BCUT2D eigenvalue weighted by atomic mass is 79.9. The van der Waals surface area contributed by atoms with Crippen molar-refractivity contribution < 1.29 is 9.38 Å². The Morgan fingerprint density at radius 1 is 1.25 bits per heavy atom. The van der Waals surface area contributed by atoms with Gasteiger partial charge in [0.15, 0.2) is 0 Å². The Kier molecular flexibility index (Phi) is 3.48. The number of halogens is 1. The average molecular weight is 336 g/mol. The zero-order chi connectivity index (χ0) is 14.3. The minimum absolute atomic E-state index is 0.201. The molecule has 3 rings (SSSR count). The maximum absolute atomic E-state index is 12.5. The number of hydrogen-bond donors (Lipinski definition) is 0. The molecule has 4 heteroatoms. The molecule has 0 saturated carbocycles. The zero-order valence-corrected chi connectivity index (χ0v) is 13.3. The van der Waals surface area contributed by atoms with E-state index in [1.807, 2.05) is 24.3 Å². The Labute approximate surface area is 127 Å². The number of hydroxylamine groups is 3. The molecule has 1 aliphatic carbocycles. The Balaban J connectivity index is 1.97. The fourth-order valence-corrected chi connectivity index (χ4v) is 3.53. The van der Waals surface area contributed by atoms with E-state index in [-0.39, 0.29) is 16.5 Å². The van der Waals surface area contributed by atoms with Crippen molar-refractivity contribution in [2.24, 2.45) is 5.92 Å². The second-order valence-corrected chi connectivity index (χ2v) is 6.72. The maximum Gasteiger partial charge on any atom is 0.122 e. The third kappa shape index (κ3) is 2.43. The van der Waals surface area contributed by atoms with Gasteiger partial charge in [0.1, 0.15) is 11.4 Å². The number of hydrogen-bond acceptors (Lipinski definition) is 2. The van der Waals surface area contributed by atoms with E-state index in [4.69, 9.17) is 4.74 Å². The summed E-state index contributed by atoms with van der Waals surface area (Å²) in [5.41, 5.74) is 2.13. The van der Waals surface area contributed by atoms with Crippen molar-refractivity contribution >= 4 is 15.9 Å². The fourth-order valence-electron chi connectivity index (χ4n) is 3.11. The first-order valence-corrected chi connectivity index (χ1v) is 7.60. The Hall–Kier alpha value is -1.10. The van der Waals surface area contributed by atoms with Crippen LogP contribution in [0.15, 0.2) is 46.6 Å². The van der Waals surface area contributed by atoms with Crippen LogP contribution in [0.1, 0.15) is 17.9 Å². The molecule has 2 atom stereocenters. The van der Waals surface area contributed by atoms with Gasteiger partial charge in [-0.1, -0.05) is 40.2 Å². The normalized spacial score (nSPS) is 25.6. The molecule has 1 aliphatic heterocycles. The predicted molar refractivity (Wildman–Crippen MR) is 83.4 cm³/mol. The molecular weight excluding hydrogens is 318 g/mol. The Morgan fingerprint density at radius 3 is 2.75 bits per heavy atom. The van der Waals surface area contributed by atoms with Gasteiger partial charge in [0, 0.05) is 28.0 Å². The van der Waals surface area contributed by atoms with Crippen molar-refractivity contribution in [3.63, 3.8) is 0 Å². The summed E-state index contributed by atoms with van der Waals surface area (Å²) in [6, 6.07) is 8.14. The van der Waals surface area contributed by atoms with Crippen molar-refractivity contribution in [3.05, 3.63) is 57.4 Å². The molecule has 1 heterocycles. The summed E-state index contributed by atoms with van der Waals surface area (Å²) in [5, 5.41) is 12.5. The van der Waals surface area contributed by atoms with Crippen molar-refractivity contribution in [1.29, 1.82) is 0 Å². The highest BCUT2D eigenvalue weighted by Crippen LogP contribution is 2.45. The van der Waals surface area contributed by atoms with Crippen LogP contribution in [0.4, 0.5) is 0 Å². The van der Waals surface area contributed by atoms with Gasteiger partial charge < -0.3 is 14.6 Å². The van der Waals surface area contributed by atoms with Crippen LogP contribution in [0, 0.1) is 11.1 Å². The number of rotatable bonds is 2. The molecule has 0 bridgehead atoms. The van der Waals surface area contributed by atoms with Gasteiger partial charge in [-0.2, -0.15) is 0 Å². The van der Waals surface area contributed by atoms with Gasteiger partial charge in [-0.25, -0.2) is 0 Å². The Morgan fingerprint density at radius 2 is 2.00 bits per heavy atom. The van der Waals surface area contributed by atoms with Crippen molar-refractivity contribution in [1.82, 2.24) is 0 Å². The van der Waals surface area contributed by atoms with Crippen LogP contribution in [-0.4, -0.2) is 25.3 Å². The van der Waals surface area contributed by atoms with Crippen molar-refractivity contribution in [3.8, 4) is 5.75 Å². The first kappa shape index (κ1) is 13.9. The van der Waals surface area contributed by atoms with Crippen molar-refractivity contribution in [2.45, 2.75) is 12.3 Å². The van der Waals surface area contributed by atoms with Gasteiger partial charge in [-0.15, -0.1) is 0 Å². The molecule has 0 N–H and O–H groups in total. The number of allylic oxidation sites excluding steroid dienone is 4. The molecule has 0 saturated heterocycles. The number of ether oxygens (including phenoxy) is 1. The molecule has 0 fully saturated rings. The molecule has 2 unspecified atom stereocenters. The minimum Gasteiger partial charge on any atom is -0.628 e. The van der Waals surface area contributed by atoms with Crippen LogP contribution in [-0.2, 0) is 0 Å². The molecule has 3 nitrogen and oxygen atoms in total. The van der Waals surface area contributed by atoms with E-state index in [1.165, 1.54) is 5.56 Å². The number of benzene rings is 1. The minimum atomic E-state index is -0.383. The van der Waals surface area contributed by atoms with Crippen LogP contribution in [0.2, 0.25) is 0 Å². The summed E-state index contributed by atoms with van der Waals surface area (Å²) < 4.78 is 6.40. The molecule has 106 valence electrons. The van der Waals surface area contributed by atoms with Gasteiger partial charge in [0.25, 0.3) is 0 Å². The standard InChI is InChI=1S/C16H18BrNO2/c1-18(2,19)15-9-11(17)7-8-12(15)14-10-20-16-6-4-3-5-13(14)16/h3-7,9,12,14H,8,10H2,1-2H3. The number of para-hydroxylation sites is 1. The largest absolute Gasteiger partial charge is 0.628 e. The topological polar surface area (TPSA) is 32.3 Å². The Bertz CT molecular complexity index is 586. The molecule has 0 aromatic heterocycles. The highest BCUT2D eigenvalue weighted by Gasteiger charge is 2.38. The quantitative estimate of drug-likeness (QED) is 0.606. The van der Waals surface area contributed by atoms with Gasteiger partial charge in [-0.05, 0) is 12.5 Å². The van der Waals surface area contributed by atoms with E-state index in [0.717, 1.165) is 22.3 Å². The first-order chi connectivity index (χ1) is 9.47. The van der Waals surface area contributed by atoms with Crippen LogP contribution >= 0.6 is 15.9 Å². The van der Waals surface area contributed by atoms with Crippen LogP contribution in [0.3, 0.4) is 0 Å². The van der Waals surface area contributed by atoms with Crippen LogP contribution in [0.25, 0.3) is 0 Å². The monoisotopic (exact) mass is 335 g/mol. The second kappa shape index (κ2) is 5.02.